The van der Waals surface area contributed by atoms with Crippen LogP contribution in [0.15, 0.2) is 17.8 Å². The third-order valence-electron chi connectivity index (χ3n) is 3.88. The summed E-state index contributed by atoms with van der Waals surface area (Å²) in [4.78, 5) is 8.33. The van der Waals surface area contributed by atoms with Gasteiger partial charge in [-0.05, 0) is 44.7 Å². The molecule has 0 saturated carbocycles. The number of aromatic amines is 1. The van der Waals surface area contributed by atoms with E-state index < -0.39 is 0 Å². The predicted octanol–water partition coefficient (Wildman–Crippen LogP) is 2.63. The summed E-state index contributed by atoms with van der Waals surface area (Å²) in [7, 11) is 0. The molecule has 0 spiro atoms. The van der Waals surface area contributed by atoms with Crippen LogP contribution in [0.2, 0.25) is 0 Å². The first-order chi connectivity index (χ1) is 9.31. The molecule has 1 N–H and O–H groups in total. The van der Waals surface area contributed by atoms with Crippen LogP contribution in [0.1, 0.15) is 29.1 Å². The number of thiazole rings is 1. The Morgan fingerprint density at radius 1 is 1.53 bits per heavy atom. The molecule has 0 aromatic carbocycles. The van der Waals surface area contributed by atoms with E-state index in [2.05, 4.69) is 33.1 Å². The zero-order valence-corrected chi connectivity index (χ0v) is 12.1. The number of nitrogens with one attached hydrogen (secondary N) is 1. The second kappa shape index (κ2) is 5.84. The predicted molar refractivity (Wildman–Crippen MR) is 77.1 cm³/mol. The monoisotopic (exact) mass is 276 g/mol. The van der Waals surface area contributed by atoms with Gasteiger partial charge in [0.25, 0.3) is 0 Å². The summed E-state index contributed by atoms with van der Waals surface area (Å²) in [5.74, 6) is 0.752. The quantitative estimate of drug-likeness (QED) is 0.933. The van der Waals surface area contributed by atoms with Gasteiger partial charge in [0.2, 0.25) is 0 Å². The number of hydrogen-bond donors (Lipinski definition) is 1. The Labute approximate surface area is 117 Å². The van der Waals surface area contributed by atoms with E-state index in [0.717, 1.165) is 18.9 Å². The molecule has 1 fully saturated rings. The zero-order chi connectivity index (χ0) is 13.1. The van der Waals surface area contributed by atoms with E-state index >= 15 is 0 Å². The number of piperidine rings is 1. The second-order valence-corrected chi connectivity index (χ2v) is 6.33. The highest BCUT2D eigenvalue weighted by Gasteiger charge is 2.21. The average molecular weight is 276 g/mol. The molecule has 0 aliphatic carbocycles. The van der Waals surface area contributed by atoms with Gasteiger partial charge < -0.3 is 0 Å². The van der Waals surface area contributed by atoms with Gasteiger partial charge in [0.15, 0.2) is 0 Å². The van der Waals surface area contributed by atoms with Crippen LogP contribution in [-0.4, -0.2) is 33.2 Å². The van der Waals surface area contributed by atoms with Crippen molar-refractivity contribution >= 4 is 11.3 Å². The number of likely N-dealkylation sites (tertiary alicyclic amines) is 1. The van der Waals surface area contributed by atoms with Gasteiger partial charge in [-0.25, -0.2) is 4.98 Å². The fraction of sp³-hybridized carbons (Fsp3) is 0.571. The molecule has 2 aromatic heterocycles. The van der Waals surface area contributed by atoms with Crippen LogP contribution < -0.4 is 0 Å². The standard InChI is InChI=1S/C14H20N4S/c1-11-14(19-10-15-11)9-18-6-2-3-12(8-18)7-13-4-5-16-17-13/h4-5,10,12H,2-3,6-9H2,1H3,(H,16,17)/t12-/m1/s1. The lowest BCUT2D eigenvalue weighted by Crippen LogP contribution is -2.35. The van der Waals surface area contributed by atoms with Crippen LogP contribution in [-0.2, 0) is 13.0 Å². The van der Waals surface area contributed by atoms with Crippen molar-refractivity contribution in [2.75, 3.05) is 13.1 Å². The van der Waals surface area contributed by atoms with Crippen molar-refractivity contribution in [1.29, 1.82) is 0 Å². The number of H-pyrrole nitrogens is 1. The van der Waals surface area contributed by atoms with E-state index in [4.69, 9.17) is 0 Å². The summed E-state index contributed by atoms with van der Waals surface area (Å²) in [6, 6.07) is 2.09. The third-order valence-corrected chi connectivity index (χ3v) is 4.80. The molecule has 0 radical (unpaired) electrons. The molecule has 19 heavy (non-hydrogen) atoms. The Bertz CT molecular complexity index is 505. The first-order valence-electron chi connectivity index (χ1n) is 6.91. The van der Waals surface area contributed by atoms with Crippen molar-refractivity contribution in [3.63, 3.8) is 0 Å². The normalized spacial score (nSPS) is 20.8. The molecule has 0 bridgehead atoms. The Morgan fingerprint density at radius 2 is 2.47 bits per heavy atom. The van der Waals surface area contributed by atoms with Crippen molar-refractivity contribution < 1.29 is 0 Å². The van der Waals surface area contributed by atoms with Crippen molar-refractivity contribution in [3.8, 4) is 0 Å². The molecule has 3 rings (SSSR count). The molecule has 1 aliphatic heterocycles. The topological polar surface area (TPSA) is 44.8 Å². The Kier molecular flexibility index (Phi) is 3.94. The molecule has 0 unspecified atom stereocenters. The van der Waals surface area contributed by atoms with Gasteiger partial charge in [-0.1, -0.05) is 0 Å². The fourth-order valence-electron chi connectivity index (χ4n) is 2.85. The van der Waals surface area contributed by atoms with Crippen LogP contribution in [0.4, 0.5) is 0 Å². The van der Waals surface area contributed by atoms with Crippen molar-refractivity contribution in [3.05, 3.63) is 34.0 Å². The summed E-state index contributed by atoms with van der Waals surface area (Å²) >= 11 is 1.78. The number of aryl methyl sites for hydroxylation is 1. The molecule has 0 amide bonds. The number of nitrogens with zero attached hydrogens (tertiary/aromatic N) is 3. The maximum atomic E-state index is 4.34. The van der Waals surface area contributed by atoms with Crippen LogP contribution in [0.3, 0.4) is 0 Å². The number of hydrogen-bond acceptors (Lipinski definition) is 4. The van der Waals surface area contributed by atoms with Crippen molar-refractivity contribution in [1.82, 2.24) is 20.1 Å². The van der Waals surface area contributed by atoms with E-state index in [1.54, 1.807) is 11.3 Å². The van der Waals surface area contributed by atoms with E-state index in [-0.39, 0.29) is 0 Å². The van der Waals surface area contributed by atoms with Crippen molar-refractivity contribution in [2.24, 2.45) is 5.92 Å². The zero-order valence-electron chi connectivity index (χ0n) is 11.3. The second-order valence-electron chi connectivity index (χ2n) is 5.39. The number of rotatable bonds is 4. The highest BCUT2D eigenvalue weighted by Crippen LogP contribution is 2.23. The molecule has 1 saturated heterocycles. The summed E-state index contributed by atoms with van der Waals surface area (Å²) < 4.78 is 0. The maximum absolute atomic E-state index is 4.34. The lowest BCUT2D eigenvalue weighted by molar-refractivity contribution is 0.167. The highest BCUT2D eigenvalue weighted by molar-refractivity contribution is 7.09. The van der Waals surface area contributed by atoms with Gasteiger partial charge in [0, 0.05) is 29.9 Å². The SMILES string of the molecule is Cc1ncsc1CN1CCC[C@H](Cc2ccn[nH]2)C1. The molecular weight excluding hydrogens is 256 g/mol. The van der Waals surface area contributed by atoms with Gasteiger partial charge in [-0.2, -0.15) is 5.10 Å². The lowest BCUT2D eigenvalue weighted by Gasteiger charge is -2.32. The third kappa shape index (κ3) is 3.22. The van der Waals surface area contributed by atoms with Gasteiger partial charge >= 0.3 is 0 Å². The summed E-state index contributed by atoms with van der Waals surface area (Å²) in [5.41, 5.74) is 4.41. The Hall–Kier alpha value is -1.20. The molecule has 102 valence electrons. The largest absolute Gasteiger partial charge is 0.298 e. The van der Waals surface area contributed by atoms with Crippen LogP contribution in [0.5, 0.6) is 0 Å². The van der Waals surface area contributed by atoms with Crippen LogP contribution in [0, 0.1) is 12.8 Å². The van der Waals surface area contributed by atoms with E-state index in [1.165, 1.54) is 42.2 Å². The molecule has 4 nitrogen and oxygen atoms in total. The van der Waals surface area contributed by atoms with Crippen LogP contribution >= 0.6 is 11.3 Å². The molecule has 2 aromatic rings. The molecule has 1 atom stereocenters. The minimum Gasteiger partial charge on any atom is -0.298 e. The van der Waals surface area contributed by atoms with Gasteiger partial charge in [-0.15, -0.1) is 11.3 Å². The summed E-state index contributed by atoms with van der Waals surface area (Å²) in [5, 5.41) is 7.11. The first-order valence-corrected chi connectivity index (χ1v) is 7.79. The first kappa shape index (κ1) is 12.8. The van der Waals surface area contributed by atoms with Crippen molar-refractivity contribution in [2.45, 2.75) is 32.7 Å². The molecule has 5 heteroatoms. The minimum absolute atomic E-state index is 0.752. The fourth-order valence-corrected chi connectivity index (χ4v) is 3.67. The Balaban J connectivity index is 1.57. The summed E-state index contributed by atoms with van der Waals surface area (Å²) in [6.07, 6.45) is 5.60. The van der Waals surface area contributed by atoms with Gasteiger partial charge in [0.05, 0.1) is 11.2 Å². The highest BCUT2D eigenvalue weighted by atomic mass is 32.1. The Morgan fingerprint density at radius 3 is 3.21 bits per heavy atom. The molecule has 1 aliphatic rings. The smallest absolute Gasteiger partial charge is 0.0798 e. The van der Waals surface area contributed by atoms with Crippen LogP contribution in [0.25, 0.3) is 0 Å². The van der Waals surface area contributed by atoms with E-state index in [1.807, 2.05) is 11.7 Å². The average Bonchev–Trinajstić information content (AvgIpc) is 3.03. The molecule has 3 heterocycles. The van der Waals surface area contributed by atoms with Gasteiger partial charge in [0.1, 0.15) is 0 Å². The molecular formula is C14H20N4S. The van der Waals surface area contributed by atoms with Gasteiger partial charge in [-0.3, -0.25) is 10.00 Å². The van der Waals surface area contributed by atoms with E-state index in [9.17, 15) is 0 Å². The maximum Gasteiger partial charge on any atom is 0.0798 e. The summed E-state index contributed by atoms with van der Waals surface area (Å²) in [6.45, 7) is 5.58. The van der Waals surface area contributed by atoms with E-state index in [0.29, 0.717) is 0 Å². The minimum atomic E-state index is 0.752. The number of aromatic nitrogens is 3. The lowest BCUT2D eigenvalue weighted by atomic mass is 9.93.